The van der Waals surface area contributed by atoms with Gasteiger partial charge in [0.15, 0.2) is 0 Å². The van der Waals surface area contributed by atoms with Crippen molar-refractivity contribution in [2.24, 2.45) is 0 Å². The van der Waals surface area contributed by atoms with Gasteiger partial charge in [-0.05, 0) is 99.3 Å². The summed E-state index contributed by atoms with van der Waals surface area (Å²) in [6.45, 7) is 26.0. The topological polar surface area (TPSA) is 129 Å². The van der Waals surface area contributed by atoms with Crippen molar-refractivity contribution in [2.75, 3.05) is 114 Å². The highest BCUT2D eigenvalue weighted by Crippen LogP contribution is 2.20. The van der Waals surface area contributed by atoms with Crippen LogP contribution in [0.3, 0.4) is 0 Å². The average molecular weight is 839 g/mol. The standard InChI is InChI=1S/C20H46O8Si2.C15H36O6Si2/c1-7-23-29(24-8-2,25-9-3)19-13-15-21-17-18-22-16-14-20-30(26-10-4,27-11-5)28-12-6;1-15(21-11-9-13-23(7,18-4)19-5)14-20-10-8-12-22(6,16-2)17-3/h7-20H2,1-6H3;15H,8-14H2,1-7H3. The summed E-state index contributed by atoms with van der Waals surface area (Å²) in [5, 5.41) is 0. The van der Waals surface area contributed by atoms with Crippen molar-refractivity contribution >= 4 is 34.7 Å². The van der Waals surface area contributed by atoms with Gasteiger partial charge >= 0.3 is 34.7 Å². The van der Waals surface area contributed by atoms with Gasteiger partial charge in [0.05, 0.1) is 25.9 Å². The molecule has 0 bridgehead atoms. The maximum Gasteiger partial charge on any atom is 0.501 e. The molecular weight excluding hydrogens is 757 g/mol. The van der Waals surface area contributed by atoms with E-state index >= 15 is 0 Å². The zero-order valence-electron chi connectivity index (χ0n) is 36.1. The molecule has 0 aliphatic carbocycles. The lowest BCUT2D eigenvalue weighted by atomic mass is 10.4. The lowest BCUT2D eigenvalue weighted by molar-refractivity contribution is -0.00693. The van der Waals surface area contributed by atoms with Gasteiger partial charge in [0.25, 0.3) is 0 Å². The molecule has 0 N–H and O–H groups in total. The van der Waals surface area contributed by atoms with Crippen molar-refractivity contribution in [3.63, 3.8) is 0 Å². The first-order valence-corrected chi connectivity index (χ1v) is 28.7. The highest BCUT2D eigenvalue weighted by molar-refractivity contribution is 6.66. The minimum atomic E-state index is -2.56. The van der Waals surface area contributed by atoms with Crippen LogP contribution in [0.2, 0.25) is 37.3 Å². The minimum Gasteiger partial charge on any atom is -0.398 e. The van der Waals surface area contributed by atoms with Crippen molar-refractivity contribution in [2.45, 2.75) is 118 Å². The molecule has 0 aromatic heterocycles. The van der Waals surface area contributed by atoms with Crippen LogP contribution in [-0.2, 0) is 63.2 Å². The van der Waals surface area contributed by atoms with Crippen LogP contribution in [0, 0.1) is 0 Å². The van der Waals surface area contributed by atoms with E-state index < -0.39 is 34.7 Å². The Bertz CT molecular complexity index is 717. The first-order valence-electron chi connectivity index (χ1n) is 19.8. The van der Waals surface area contributed by atoms with Gasteiger partial charge in [-0.15, -0.1) is 0 Å². The molecule has 0 saturated heterocycles. The Balaban J connectivity index is 0. The smallest absolute Gasteiger partial charge is 0.398 e. The van der Waals surface area contributed by atoms with E-state index in [1.54, 1.807) is 28.4 Å². The summed E-state index contributed by atoms with van der Waals surface area (Å²) in [6, 6.07) is 3.40. The van der Waals surface area contributed by atoms with E-state index in [1.807, 2.05) is 48.5 Å². The molecule has 53 heavy (non-hydrogen) atoms. The normalized spacial score (nSPS) is 13.3. The summed E-state index contributed by atoms with van der Waals surface area (Å²) in [6.07, 6.45) is 3.68. The maximum atomic E-state index is 5.85. The van der Waals surface area contributed by atoms with Crippen molar-refractivity contribution in [3.05, 3.63) is 0 Å². The Morgan fingerprint density at radius 1 is 0.396 bits per heavy atom. The van der Waals surface area contributed by atoms with Crippen molar-refractivity contribution in [3.8, 4) is 0 Å². The zero-order valence-corrected chi connectivity index (χ0v) is 40.1. The molecule has 322 valence electrons. The second-order valence-electron chi connectivity index (χ2n) is 12.4. The van der Waals surface area contributed by atoms with E-state index in [4.69, 9.17) is 63.2 Å². The summed E-state index contributed by atoms with van der Waals surface area (Å²) >= 11 is 0. The van der Waals surface area contributed by atoms with Crippen LogP contribution >= 0.6 is 0 Å². The van der Waals surface area contributed by atoms with Gasteiger partial charge in [-0.1, -0.05) is 0 Å². The zero-order chi connectivity index (χ0) is 40.3. The molecule has 0 heterocycles. The van der Waals surface area contributed by atoms with Gasteiger partial charge in [-0.2, -0.15) is 0 Å². The summed E-state index contributed by atoms with van der Waals surface area (Å²) in [5.41, 5.74) is 0. The van der Waals surface area contributed by atoms with E-state index in [-0.39, 0.29) is 6.10 Å². The molecule has 18 heteroatoms. The Kier molecular flexibility index (Phi) is 37.1. The maximum absolute atomic E-state index is 5.85. The Morgan fingerprint density at radius 3 is 1.02 bits per heavy atom. The molecule has 0 radical (unpaired) electrons. The summed E-state index contributed by atoms with van der Waals surface area (Å²) < 4.78 is 79.7. The van der Waals surface area contributed by atoms with Gasteiger partial charge in [0, 0.05) is 107 Å². The lowest BCUT2D eigenvalue weighted by Crippen LogP contribution is -2.46. The molecule has 1 unspecified atom stereocenters. The third-order valence-electron chi connectivity index (χ3n) is 8.28. The predicted molar refractivity (Wildman–Crippen MR) is 218 cm³/mol. The molecule has 14 nitrogen and oxygen atoms in total. The van der Waals surface area contributed by atoms with Crippen LogP contribution in [0.5, 0.6) is 0 Å². The number of hydrogen-bond acceptors (Lipinski definition) is 14. The lowest BCUT2D eigenvalue weighted by Gasteiger charge is -2.28. The van der Waals surface area contributed by atoms with E-state index in [0.717, 1.165) is 49.9 Å². The largest absolute Gasteiger partial charge is 0.501 e. The number of ether oxygens (including phenoxy) is 4. The fraction of sp³-hybridized carbons (Fsp3) is 1.00. The van der Waals surface area contributed by atoms with Crippen molar-refractivity contribution in [1.82, 2.24) is 0 Å². The van der Waals surface area contributed by atoms with E-state index in [9.17, 15) is 0 Å². The summed E-state index contributed by atoms with van der Waals surface area (Å²) in [5.74, 6) is 0. The fourth-order valence-corrected chi connectivity index (χ4v) is 13.0. The Morgan fingerprint density at radius 2 is 0.698 bits per heavy atom. The summed E-state index contributed by atoms with van der Waals surface area (Å²) in [4.78, 5) is 0. The van der Waals surface area contributed by atoms with Crippen LogP contribution in [0.4, 0.5) is 0 Å². The van der Waals surface area contributed by atoms with E-state index in [2.05, 4.69) is 13.1 Å². The molecule has 0 rings (SSSR count). The van der Waals surface area contributed by atoms with Crippen molar-refractivity contribution < 1.29 is 63.2 Å². The predicted octanol–water partition coefficient (Wildman–Crippen LogP) is 6.81. The van der Waals surface area contributed by atoms with E-state index in [0.29, 0.717) is 85.9 Å². The monoisotopic (exact) mass is 838 g/mol. The molecule has 1 atom stereocenters. The van der Waals surface area contributed by atoms with Gasteiger partial charge in [-0.3, -0.25) is 0 Å². The second-order valence-corrected chi connectivity index (χ2v) is 25.1. The number of hydrogen-bond donors (Lipinski definition) is 0. The number of rotatable bonds is 38. The third-order valence-corrected chi connectivity index (χ3v) is 20.6. The average Bonchev–Trinajstić information content (AvgIpc) is 3.14. The molecule has 0 aliphatic heterocycles. The highest BCUT2D eigenvalue weighted by atomic mass is 28.4. The van der Waals surface area contributed by atoms with Crippen LogP contribution in [0.15, 0.2) is 0 Å². The minimum absolute atomic E-state index is 0.0986. The molecule has 0 fully saturated rings. The molecule has 0 aromatic rings. The van der Waals surface area contributed by atoms with Crippen molar-refractivity contribution in [1.29, 1.82) is 0 Å². The fourth-order valence-electron chi connectivity index (χ4n) is 5.15. The van der Waals surface area contributed by atoms with Crippen LogP contribution in [0.25, 0.3) is 0 Å². The van der Waals surface area contributed by atoms with E-state index in [1.165, 1.54) is 0 Å². The molecule has 0 amide bonds. The molecule has 0 aliphatic rings. The third kappa shape index (κ3) is 28.4. The first-order chi connectivity index (χ1) is 25.4. The molecule has 0 aromatic carbocycles. The quantitative estimate of drug-likeness (QED) is 0.0477. The summed E-state index contributed by atoms with van der Waals surface area (Å²) in [7, 11) is -2.18. The van der Waals surface area contributed by atoms with Gasteiger partial charge in [-0.25, -0.2) is 0 Å². The Hall–Kier alpha value is 0.308. The van der Waals surface area contributed by atoms with Crippen LogP contribution in [-0.4, -0.2) is 155 Å². The van der Waals surface area contributed by atoms with Crippen LogP contribution in [0.1, 0.15) is 74.1 Å². The molecule has 0 saturated carbocycles. The molecule has 0 spiro atoms. The molecular formula is C35H82O14Si4. The highest BCUT2D eigenvalue weighted by Gasteiger charge is 2.40. The van der Waals surface area contributed by atoms with Gasteiger partial charge in [0.2, 0.25) is 0 Å². The Labute approximate surface area is 328 Å². The van der Waals surface area contributed by atoms with Gasteiger partial charge < -0.3 is 63.2 Å². The van der Waals surface area contributed by atoms with Gasteiger partial charge in [0.1, 0.15) is 0 Å². The second kappa shape index (κ2) is 35.5. The SMILES string of the molecule is CCO[Si](CCCOCCOCCC[Si](OCC)(OCC)OCC)(OCC)OCC.CO[Si](C)(CCCOCC(C)OCCC[Si](C)(OC)OC)OC. The first kappa shape index (κ1) is 55.4. The van der Waals surface area contributed by atoms with Crippen LogP contribution < -0.4 is 0 Å².